The second-order valence-electron chi connectivity index (χ2n) is 9.78. The summed E-state index contributed by atoms with van der Waals surface area (Å²) in [5.74, 6) is -0.0204. The zero-order chi connectivity index (χ0) is 24.1. The maximum absolute atomic E-state index is 13.1. The highest BCUT2D eigenvalue weighted by atomic mass is 32.2. The summed E-state index contributed by atoms with van der Waals surface area (Å²) in [5.41, 5.74) is 0. The molecule has 0 spiro atoms. The first kappa shape index (κ1) is 25.8. The van der Waals surface area contributed by atoms with Gasteiger partial charge in [0.05, 0.1) is 62.1 Å². The number of quaternary nitrogens is 1. The molecule has 6 unspecified atom stereocenters. The number of imide groups is 1. The van der Waals surface area contributed by atoms with Crippen molar-refractivity contribution in [3.63, 3.8) is 0 Å². The summed E-state index contributed by atoms with van der Waals surface area (Å²) in [7, 11) is 2.26. The molecule has 4 rings (SSSR count). The van der Waals surface area contributed by atoms with Gasteiger partial charge in [0.2, 0.25) is 11.8 Å². The van der Waals surface area contributed by atoms with E-state index < -0.39 is 5.92 Å². The Morgan fingerprint density at radius 2 is 2.00 bits per heavy atom. The summed E-state index contributed by atoms with van der Waals surface area (Å²) in [6, 6.07) is -0.113. The molecule has 3 N–H and O–H groups in total. The molecule has 0 bridgehead atoms. The Hall–Kier alpha value is -1.27. The first-order valence-corrected chi connectivity index (χ1v) is 14.4. The number of likely N-dealkylation sites (N-methyl/N-ethyl adjacent to an activating group) is 1. The van der Waals surface area contributed by atoms with E-state index in [2.05, 4.69) is 42.2 Å². The normalized spacial score (nSPS) is 35.1. The van der Waals surface area contributed by atoms with Crippen LogP contribution < -0.4 is 16.0 Å². The second kappa shape index (κ2) is 11.6. The monoisotopic (exact) mass is 512 g/mol. The molecule has 0 radical (unpaired) electrons. The number of fused-ring (bicyclic) bond motifs is 1. The minimum Gasteiger partial charge on any atom is -0.378 e. The van der Waals surface area contributed by atoms with Crippen LogP contribution in [0.1, 0.15) is 32.6 Å². The van der Waals surface area contributed by atoms with Crippen molar-refractivity contribution in [2.75, 3.05) is 52.2 Å². The molecule has 0 saturated carbocycles. The summed E-state index contributed by atoms with van der Waals surface area (Å²) < 4.78 is 6.17. The molecule has 190 valence electrons. The van der Waals surface area contributed by atoms with Crippen molar-refractivity contribution in [1.29, 1.82) is 0 Å². The van der Waals surface area contributed by atoms with Crippen LogP contribution in [0.2, 0.25) is 0 Å². The molecule has 0 aromatic heterocycles. The lowest BCUT2D eigenvalue weighted by Gasteiger charge is -2.37. The zero-order valence-electron chi connectivity index (χ0n) is 20.2. The highest BCUT2D eigenvalue weighted by Gasteiger charge is 2.45. The Kier molecular flexibility index (Phi) is 8.84. The van der Waals surface area contributed by atoms with Crippen molar-refractivity contribution in [2.24, 2.45) is 5.92 Å². The number of carbonyl (C=O) groups is 3. The van der Waals surface area contributed by atoms with Crippen LogP contribution in [0.5, 0.6) is 0 Å². The summed E-state index contributed by atoms with van der Waals surface area (Å²) in [6.07, 6.45) is 8.86. The van der Waals surface area contributed by atoms with E-state index in [1.54, 1.807) is 28.4 Å². The van der Waals surface area contributed by atoms with E-state index in [0.717, 1.165) is 23.3 Å². The number of amides is 4. The number of rotatable bonds is 7. The van der Waals surface area contributed by atoms with E-state index in [1.165, 1.54) is 19.3 Å². The summed E-state index contributed by atoms with van der Waals surface area (Å²) >= 11 is 3.23. The molecule has 3 fully saturated rings. The van der Waals surface area contributed by atoms with Crippen molar-refractivity contribution in [3.05, 3.63) is 12.3 Å². The van der Waals surface area contributed by atoms with Crippen LogP contribution in [0.4, 0.5) is 4.79 Å². The molecule has 4 aliphatic rings. The zero-order valence-corrected chi connectivity index (χ0v) is 21.8. The molecule has 3 saturated heterocycles. The van der Waals surface area contributed by atoms with Crippen molar-refractivity contribution >= 4 is 41.4 Å². The predicted molar refractivity (Wildman–Crippen MR) is 135 cm³/mol. The maximum atomic E-state index is 13.1. The van der Waals surface area contributed by atoms with E-state index >= 15 is 0 Å². The van der Waals surface area contributed by atoms with Gasteiger partial charge in [-0.3, -0.25) is 24.7 Å². The molecule has 6 atom stereocenters. The van der Waals surface area contributed by atoms with Gasteiger partial charge in [-0.15, -0.1) is 23.5 Å². The van der Waals surface area contributed by atoms with Gasteiger partial charge < -0.3 is 15.0 Å². The number of hydrogen-bond donors (Lipinski definition) is 3. The predicted octanol–water partition coefficient (Wildman–Crippen LogP) is 1.31. The molecule has 9 nitrogen and oxygen atoms in total. The third-order valence-corrected chi connectivity index (χ3v) is 9.76. The fraction of sp³-hybridized carbons (Fsp3) is 0.783. The fourth-order valence-electron chi connectivity index (χ4n) is 5.01. The van der Waals surface area contributed by atoms with E-state index in [4.69, 9.17) is 4.74 Å². The Morgan fingerprint density at radius 1 is 1.21 bits per heavy atom. The molecule has 0 aromatic rings. The first-order chi connectivity index (χ1) is 16.4. The lowest BCUT2D eigenvalue weighted by molar-refractivity contribution is -0.862. The third-order valence-electron chi connectivity index (χ3n) is 7.06. The highest BCUT2D eigenvalue weighted by molar-refractivity contribution is 8.01. The molecular formula is C23H38N5O4S2+. The lowest BCUT2D eigenvalue weighted by atomic mass is 10.1. The number of urea groups is 1. The minimum absolute atomic E-state index is 0.0790. The number of thioether (sulfide) groups is 2. The van der Waals surface area contributed by atoms with Crippen LogP contribution >= 0.6 is 23.5 Å². The van der Waals surface area contributed by atoms with Crippen LogP contribution in [-0.4, -0.2) is 101 Å². The minimum atomic E-state index is -0.411. The SMILES string of the molecule is CCCCC[N+]1(C)C=CC2SC(C(=O)NC3SCCC3C(=O)NC(=O)N3CCOCC3)NC2C1. The Balaban J connectivity index is 1.27. The number of nitrogens with one attached hydrogen (secondary N) is 3. The number of carbonyl (C=O) groups excluding carboxylic acids is 3. The van der Waals surface area contributed by atoms with Crippen molar-refractivity contribution in [1.82, 2.24) is 20.9 Å². The number of ether oxygens (including phenoxy) is 1. The molecular weight excluding hydrogens is 474 g/mol. The highest BCUT2D eigenvalue weighted by Crippen LogP contribution is 2.35. The number of unbranched alkanes of at least 4 members (excludes halogenated alkanes) is 2. The summed E-state index contributed by atoms with van der Waals surface area (Å²) in [5, 5.41) is 8.78. The lowest BCUT2D eigenvalue weighted by Crippen LogP contribution is -2.55. The second-order valence-corrected chi connectivity index (χ2v) is 12.3. The van der Waals surface area contributed by atoms with Gasteiger partial charge >= 0.3 is 6.03 Å². The quantitative estimate of drug-likeness (QED) is 0.349. The largest absolute Gasteiger partial charge is 0.378 e. The van der Waals surface area contributed by atoms with E-state index in [1.807, 2.05) is 0 Å². The molecule has 4 aliphatic heterocycles. The molecule has 4 heterocycles. The Bertz CT molecular complexity index is 793. The maximum Gasteiger partial charge on any atom is 0.324 e. The topological polar surface area (TPSA) is 99.8 Å². The van der Waals surface area contributed by atoms with Gasteiger partial charge in [0.15, 0.2) is 0 Å². The van der Waals surface area contributed by atoms with Crippen molar-refractivity contribution in [3.8, 4) is 0 Å². The molecule has 4 amide bonds. The molecule has 34 heavy (non-hydrogen) atoms. The van der Waals surface area contributed by atoms with Crippen LogP contribution in [0.3, 0.4) is 0 Å². The van der Waals surface area contributed by atoms with Crippen LogP contribution in [-0.2, 0) is 14.3 Å². The Morgan fingerprint density at radius 3 is 2.76 bits per heavy atom. The Labute approximate surface area is 210 Å². The van der Waals surface area contributed by atoms with Crippen LogP contribution in [0.25, 0.3) is 0 Å². The van der Waals surface area contributed by atoms with Gasteiger partial charge in [-0.25, -0.2) is 4.79 Å². The van der Waals surface area contributed by atoms with E-state index in [-0.39, 0.29) is 39.9 Å². The first-order valence-electron chi connectivity index (χ1n) is 12.4. The average Bonchev–Trinajstić information content (AvgIpc) is 3.46. The van der Waals surface area contributed by atoms with Gasteiger partial charge in [0.1, 0.15) is 5.37 Å². The van der Waals surface area contributed by atoms with E-state index in [0.29, 0.717) is 32.7 Å². The number of morpholine rings is 1. The fourth-order valence-corrected chi connectivity index (χ4v) is 7.62. The molecule has 0 aliphatic carbocycles. The van der Waals surface area contributed by atoms with Gasteiger partial charge in [0.25, 0.3) is 0 Å². The van der Waals surface area contributed by atoms with Gasteiger partial charge in [-0.05, 0) is 31.1 Å². The van der Waals surface area contributed by atoms with Gasteiger partial charge in [0, 0.05) is 13.1 Å². The smallest absolute Gasteiger partial charge is 0.324 e. The van der Waals surface area contributed by atoms with Crippen molar-refractivity contribution in [2.45, 2.75) is 54.6 Å². The van der Waals surface area contributed by atoms with E-state index in [9.17, 15) is 14.4 Å². The average molecular weight is 513 g/mol. The molecule has 11 heteroatoms. The van der Waals surface area contributed by atoms with Gasteiger partial charge in [-0.1, -0.05) is 13.3 Å². The standard InChI is InChI=1S/C23H37N5O4S2/c1-3-4-5-10-28(2)11-6-18-17(15-28)24-22(34-18)20(30)25-21-16(7-14-33-21)19(29)26-23(31)27-8-12-32-13-9-27/h6,11,16-18,21-22,24H,3-5,7-10,12-15H2,1-2H3,(H-,25,26,29,30,31)/p+1. The van der Waals surface area contributed by atoms with Crippen molar-refractivity contribution < 1.29 is 23.6 Å². The summed E-state index contributed by atoms with van der Waals surface area (Å²) in [6.45, 7) is 6.26. The molecule has 0 aromatic carbocycles. The van der Waals surface area contributed by atoms with Crippen LogP contribution in [0.15, 0.2) is 12.3 Å². The third kappa shape index (κ3) is 6.29. The number of hydrogen-bond acceptors (Lipinski definition) is 7. The number of nitrogens with zero attached hydrogens (tertiary/aromatic N) is 2. The summed E-state index contributed by atoms with van der Waals surface area (Å²) in [4.78, 5) is 39.9. The van der Waals surface area contributed by atoms with Crippen LogP contribution in [0, 0.1) is 5.92 Å². The van der Waals surface area contributed by atoms with Gasteiger partial charge in [-0.2, -0.15) is 0 Å².